The van der Waals surface area contributed by atoms with Gasteiger partial charge < -0.3 is 21.1 Å². The molecular weight excluding hydrogens is 522 g/mol. The Morgan fingerprint density at radius 2 is 1.82 bits per heavy atom. The van der Waals surface area contributed by atoms with E-state index in [2.05, 4.69) is 15.6 Å². The van der Waals surface area contributed by atoms with E-state index in [1.807, 2.05) is 0 Å². The van der Waals surface area contributed by atoms with Crippen LogP contribution in [0.1, 0.15) is 36.0 Å². The summed E-state index contributed by atoms with van der Waals surface area (Å²) in [5, 5.41) is 4.68. The van der Waals surface area contributed by atoms with E-state index in [-0.39, 0.29) is 28.3 Å². The number of aliphatic imine (C=N–C) groups is 1. The smallest absolute Gasteiger partial charge is 0.416 e. The maximum atomic E-state index is 13.4. The molecule has 38 heavy (non-hydrogen) atoms. The number of carbonyl (C=O) groups excluding carboxylic acids is 3. The molecule has 2 aromatic carbocycles. The van der Waals surface area contributed by atoms with Crippen molar-refractivity contribution in [3.63, 3.8) is 0 Å². The summed E-state index contributed by atoms with van der Waals surface area (Å²) < 4.78 is 83.6. The molecule has 0 saturated carbocycles. The van der Waals surface area contributed by atoms with E-state index in [1.54, 1.807) is 0 Å². The molecule has 0 aliphatic carbocycles. The van der Waals surface area contributed by atoms with Gasteiger partial charge in [-0.05, 0) is 24.6 Å². The molecular formula is C24H22F6N4O4. The second-order valence-corrected chi connectivity index (χ2v) is 8.36. The minimum Gasteiger partial charge on any atom is -0.495 e. The van der Waals surface area contributed by atoms with Gasteiger partial charge >= 0.3 is 12.4 Å². The molecule has 3 rings (SSSR count). The van der Waals surface area contributed by atoms with E-state index >= 15 is 0 Å². The number of hydrogen-bond acceptors (Lipinski definition) is 5. The van der Waals surface area contributed by atoms with Gasteiger partial charge in [0, 0.05) is 29.9 Å². The van der Waals surface area contributed by atoms with Crippen molar-refractivity contribution in [3.8, 4) is 5.75 Å². The van der Waals surface area contributed by atoms with Gasteiger partial charge in [-0.3, -0.25) is 14.4 Å². The van der Waals surface area contributed by atoms with Crippen LogP contribution >= 0.6 is 0 Å². The van der Waals surface area contributed by atoms with Gasteiger partial charge in [0.25, 0.3) is 5.91 Å². The van der Waals surface area contributed by atoms with Gasteiger partial charge in [-0.2, -0.15) is 26.3 Å². The van der Waals surface area contributed by atoms with Crippen molar-refractivity contribution < 1.29 is 45.5 Å². The molecule has 0 bridgehead atoms. The lowest BCUT2D eigenvalue weighted by atomic mass is 9.97. The van der Waals surface area contributed by atoms with Gasteiger partial charge in [-0.1, -0.05) is 24.3 Å². The Balaban J connectivity index is 2.06. The Morgan fingerprint density at radius 3 is 2.42 bits per heavy atom. The maximum absolute atomic E-state index is 13.4. The molecule has 0 fully saturated rings. The van der Waals surface area contributed by atoms with Crippen LogP contribution in [0, 0.1) is 5.92 Å². The molecule has 204 valence electrons. The first-order valence-electron chi connectivity index (χ1n) is 11.1. The Bertz CT molecular complexity index is 1260. The predicted octanol–water partition coefficient (Wildman–Crippen LogP) is 3.78. The zero-order valence-electron chi connectivity index (χ0n) is 19.7. The van der Waals surface area contributed by atoms with Crippen LogP contribution in [-0.2, 0) is 20.6 Å². The molecule has 8 nitrogen and oxygen atoms in total. The Hall–Kier alpha value is -4.10. The maximum Gasteiger partial charge on any atom is 0.416 e. The highest BCUT2D eigenvalue weighted by Crippen LogP contribution is 2.35. The van der Waals surface area contributed by atoms with Gasteiger partial charge in [-0.15, -0.1) is 0 Å². The number of anilines is 1. The van der Waals surface area contributed by atoms with Crippen LogP contribution in [-0.4, -0.2) is 42.9 Å². The number of primary amides is 1. The summed E-state index contributed by atoms with van der Waals surface area (Å²) >= 11 is 0. The third-order valence-electron chi connectivity index (χ3n) is 5.59. The van der Waals surface area contributed by atoms with Gasteiger partial charge in [0.05, 0.1) is 24.1 Å². The number of nitrogens with zero attached hydrogens (tertiary/aromatic N) is 1. The highest BCUT2D eigenvalue weighted by atomic mass is 19.4. The summed E-state index contributed by atoms with van der Waals surface area (Å²) in [7, 11) is 1.29. The monoisotopic (exact) mass is 544 g/mol. The molecule has 0 saturated heterocycles. The van der Waals surface area contributed by atoms with Crippen molar-refractivity contribution in [2.45, 2.75) is 37.8 Å². The normalized spacial score (nSPS) is 16.4. The number of ether oxygens (including phenoxy) is 1. The molecule has 2 atom stereocenters. The molecule has 0 aromatic heterocycles. The van der Waals surface area contributed by atoms with Crippen molar-refractivity contribution in [3.05, 3.63) is 59.2 Å². The van der Waals surface area contributed by atoms with Crippen molar-refractivity contribution in [1.82, 2.24) is 5.32 Å². The van der Waals surface area contributed by atoms with Crippen LogP contribution in [0.25, 0.3) is 0 Å². The molecule has 2 aromatic rings. The summed E-state index contributed by atoms with van der Waals surface area (Å²) in [6, 6.07) is 8.52. The second-order valence-electron chi connectivity index (χ2n) is 8.36. The van der Waals surface area contributed by atoms with Crippen LogP contribution in [0.3, 0.4) is 0 Å². The average molecular weight is 544 g/mol. The number of halogens is 6. The molecule has 0 spiro atoms. The van der Waals surface area contributed by atoms with E-state index in [4.69, 9.17) is 10.5 Å². The summed E-state index contributed by atoms with van der Waals surface area (Å²) in [5.41, 5.74) is 4.11. The molecule has 0 radical (unpaired) electrons. The van der Waals surface area contributed by atoms with E-state index in [9.17, 15) is 40.7 Å². The zero-order chi connectivity index (χ0) is 28.3. The Morgan fingerprint density at radius 1 is 1.13 bits per heavy atom. The van der Waals surface area contributed by atoms with Crippen LogP contribution < -0.4 is 21.1 Å². The number of benzene rings is 2. The van der Waals surface area contributed by atoms with Gasteiger partial charge in [0.1, 0.15) is 5.75 Å². The fraction of sp³-hybridized carbons (Fsp3) is 0.333. The number of benzodiazepines with no additional fused rings is 1. The van der Waals surface area contributed by atoms with Crippen LogP contribution in [0.2, 0.25) is 0 Å². The van der Waals surface area contributed by atoms with Crippen molar-refractivity contribution in [2.24, 2.45) is 16.6 Å². The van der Waals surface area contributed by atoms with Crippen molar-refractivity contribution in [1.29, 1.82) is 0 Å². The number of para-hydroxylation sites is 1. The molecule has 4 N–H and O–H groups in total. The van der Waals surface area contributed by atoms with E-state index in [0.29, 0.717) is 0 Å². The van der Waals surface area contributed by atoms with Crippen LogP contribution in [0.15, 0.2) is 47.5 Å². The second kappa shape index (κ2) is 11.1. The number of amides is 3. The average Bonchev–Trinajstić information content (AvgIpc) is 2.96. The summed E-state index contributed by atoms with van der Waals surface area (Å²) in [4.78, 5) is 41.4. The standard InChI is InChI=1S/C24H22F6N4O4/c1-38-16-7-3-6-15-18(12-4-2-5-14(10-12)24(28,29)30)32-20(22(37)33-19(15)16)34-21(36)13(11-17(31)35)8-9-23(25,26)27/h2-7,10,13,20H,8-9,11H2,1H3,(H2,31,35)(H,33,37)(H,34,36). The first kappa shape index (κ1) is 28.5. The summed E-state index contributed by atoms with van der Waals surface area (Å²) in [6.07, 6.45) is -14.0. The highest BCUT2D eigenvalue weighted by molar-refractivity contribution is 6.20. The Kier molecular flexibility index (Phi) is 8.32. The molecule has 1 aliphatic heterocycles. The largest absolute Gasteiger partial charge is 0.495 e. The van der Waals surface area contributed by atoms with Gasteiger partial charge in [0.15, 0.2) is 0 Å². The number of nitrogens with one attached hydrogen (secondary N) is 2. The van der Waals surface area contributed by atoms with E-state index < -0.39 is 67.0 Å². The first-order valence-corrected chi connectivity index (χ1v) is 11.1. The van der Waals surface area contributed by atoms with E-state index in [1.165, 1.54) is 31.4 Å². The number of hydrogen-bond donors (Lipinski definition) is 3. The fourth-order valence-corrected chi connectivity index (χ4v) is 3.81. The fourth-order valence-electron chi connectivity index (χ4n) is 3.81. The molecule has 1 aliphatic rings. The molecule has 1 heterocycles. The Labute approximate surface area is 212 Å². The number of alkyl halides is 6. The van der Waals surface area contributed by atoms with Crippen LogP contribution in [0.5, 0.6) is 5.75 Å². The lowest BCUT2D eigenvalue weighted by Crippen LogP contribution is -2.45. The van der Waals surface area contributed by atoms with Gasteiger partial charge in [-0.25, -0.2) is 4.99 Å². The number of nitrogens with two attached hydrogens (primary N) is 1. The number of methoxy groups -OCH3 is 1. The first-order chi connectivity index (χ1) is 17.7. The number of fused-ring (bicyclic) bond motifs is 1. The minimum absolute atomic E-state index is 0.0543. The third kappa shape index (κ3) is 7.01. The van der Waals surface area contributed by atoms with Crippen molar-refractivity contribution >= 4 is 29.1 Å². The molecule has 14 heteroatoms. The molecule has 2 unspecified atom stereocenters. The van der Waals surface area contributed by atoms with Crippen molar-refractivity contribution in [2.75, 3.05) is 12.4 Å². The number of carbonyl (C=O) groups is 3. The predicted molar refractivity (Wildman–Crippen MR) is 123 cm³/mol. The minimum atomic E-state index is -4.69. The number of rotatable bonds is 8. The van der Waals surface area contributed by atoms with E-state index in [0.717, 1.165) is 18.2 Å². The summed E-state index contributed by atoms with van der Waals surface area (Å²) in [6.45, 7) is 0. The highest BCUT2D eigenvalue weighted by Gasteiger charge is 2.35. The third-order valence-corrected chi connectivity index (χ3v) is 5.59. The zero-order valence-corrected chi connectivity index (χ0v) is 19.7. The topological polar surface area (TPSA) is 123 Å². The lowest BCUT2D eigenvalue weighted by molar-refractivity contribution is -0.143. The molecule has 3 amide bonds. The quantitative estimate of drug-likeness (QED) is 0.438. The SMILES string of the molecule is COc1cccc2c1NC(=O)C(NC(=O)C(CCC(F)(F)F)CC(N)=O)N=C2c1cccc(C(F)(F)F)c1. The summed E-state index contributed by atoms with van der Waals surface area (Å²) in [5.74, 6) is -4.49. The lowest BCUT2D eigenvalue weighted by Gasteiger charge is -2.19. The van der Waals surface area contributed by atoms with Gasteiger partial charge in [0.2, 0.25) is 18.0 Å². The van der Waals surface area contributed by atoms with Crippen LogP contribution in [0.4, 0.5) is 32.0 Å².